The number of carbonyl (C=O) groups excluding carboxylic acids is 1. The second-order valence-corrected chi connectivity index (χ2v) is 8.87. The molecule has 1 saturated heterocycles. The quantitative estimate of drug-likeness (QED) is 0.578. The molecule has 3 heterocycles. The number of pyridine rings is 2. The van der Waals surface area contributed by atoms with Crippen LogP contribution >= 0.6 is 0 Å². The van der Waals surface area contributed by atoms with E-state index in [1.807, 2.05) is 49.5 Å². The van der Waals surface area contributed by atoms with Crippen LogP contribution in [0, 0.1) is 12.8 Å². The van der Waals surface area contributed by atoms with Crippen LogP contribution in [-0.4, -0.2) is 40.0 Å². The first-order chi connectivity index (χ1) is 16.1. The Kier molecular flexibility index (Phi) is 7.68. The first kappa shape index (κ1) is 22.9. The van der Waals surface area contributed by atoms with Crippen molar-refractivity contribution in [3.05, 3.63) is 99.7 Å². The molecule has 0 spiro atoms. The molecule has 1 amide bonds. The third-order valence-electron chi connectivity index (χ3n) is 6.34. The molecular formula is C27H32N4O2. The summed E-state index contributed by atoms with van der Waals surface area (Å²) in [5.74, 6) is 0.195. The van der Waals surface area contributed by atoms with Crippen LogP contribution in [0.25, 0.3) is 0 Å². The summed E-state index contributed by atoms with van der Waals surface area (Å²) < 4.78 is 1.72. The maximum absolute atomic E-state index is 13.7. The van der Waals surface area contributed by atoms with E-state index in [0.717, 1.165) is 49.0 Å². The molecule has 1 aromatic carbocycles. The van der Waals surface area contributed by atoms with Gasteiger partial charge in [0.2, 0.25) is 0 Å². The van der Waals surface area contributed by atoms with E-state index in [1.54, 1.807) is 21.9 Å². The summed E-state index contributed by atoms with van der Waals surface area (Å²) >= 11 is 0. The van der Waals surface area contributed by atoms with Crippen LogP contribution in [0.1, 0.15) is 39.9 Å². The Labute approximate surface area is 195 Å². The number of amides is 1. The van der Waals surface area contributed by atoms with Gasteiger partial charge in [0.25, 0.3) is 11.5 Å². The smallest absolute Gasteiger partial charge is 0.263 e. The number of aryl methyl sites for hydroxylation is 1. The van der Waals surface area contributed by atoms with Crippen molar-refractivity contribution in [1.82, 2.24) is 19.8 Å². The maximum atomic E-state index is 13.7. The number of hydrogen-bond donors (Lipinski definition) is 1. The first-order valence-electron chi connectivity index (χ1n) is 11.7. The molecule has 6 heteroatoms. The number of rotatable bonds is 8. The highest BCUT2D eigenvalue weighted by molar-refractivity contribution is 5.95. The van der Waals surface area contributed by atoms with E-state index in [1.165, 1.54) is 0 Å². The number of nitrogens with zero attached hydrogens (tertiary/aromatic N) is 3. The lowest BCUT2D eigenvalue weighted by atomic mass is 9.99. The molecule has 1 atom stereocenters. The van der Waals surface area contributed by atoms with Gasteiger partial charge in [0.15, 0.2) is 0 Å². The molecule has 1 aliphatic heterocycles. The van der Waals surface area contributed by atoms with Gasteiger partial charge in [-0.2, -0.15) is 0 Å². The highest BCUT2D eigenvalue weighted by Crippen LogP contribution is 2.15. The molecule has 1 fully saturated rings. The van der Waals surface area contributed by atoms with Crippen LogP contribution in [0.15, 0.2) is 71.9 Å². The molecule has 4 rings (SSSR count). The van der Waals surface area contributed by atoms with Gasteiger partial charge in [0.05, 0.1) is 0 Å². The van der Waals surface area contributed by atoms with E-state index < -0.39 is 0 Å². The van der Waals surface area contributed by atoms with Gasteiger partial charge in [0.1, 0.15) is 5.56 Å². The fourth-order valence-corrected chi connectivity index (χ4v) is 4.46. The second kappa shape index (κ2) is 11.1. The zero-order chi connectivity index (χ0) is 23.0. The topological polar surface area (TPSA) is 67.2 Å². The summed E-state index contributed by atoms with van der Waals surface area (Å²) in [6.45, 7) is 5.37. The van der Waals surface area contributed by atoms with E-state index in [4.69, 9.17) is 0 Å². The van der Waals surface area contributed by atoms with Gasteiger partial charge in [-0.05, 0) is 74.0 Å². The predicted molar refractivity (Wildman–Crippen MR) is 130 cm³/mol. The molecule has 0 bridgehead atoms. The van der Waals surface area contributed by atoms with E-state index in [0.29, 0.717) is 25.6 Å². The third-order valence-corrected chi connectivity index (χ3v) is 6.34. The van der Waals surface area contributed by atoms with Crippen molar-refractivity contribution < 1.29 is 4.79 Å². The maximum Gasteiger partial charge on any atom is 0.263 e. The van der Waals surface area contributed by atoms with E-state index >= 15 is 0 Å². The number of nitrogens with one attached hydrogen (secondary N) is 1. The molecule has 0 aliphatic carbocycles. The Bertz CT molecular complexity index is 1110. The van der Waals surface area contributed by atoms with E-state index in [2.05, 4.69) is 22.4 Å². The van der Waals surface area contributed by atoms with Crippen molar-refractivity contribution in [2.24, 2.45) is 5.92 Å². The molecular weight excluding hydrogens is 412 g/mol. The van der Waals surface area contributed by atoms with Gasteiger partial charge < -0.3 is 14.8 Å². The molecule has 3 aromatic rings. The molecule has 0 radical (unpaired) electrons. The minimum atomic E-state index is -0.214. The molecule has 0 saturated carbocycles. The van der Waals surface area contributed by atoms with Gasteiger partial charge in [-0.15, -0.1) is 0 Å². The number of benzene rings is 1. The molecule has 172 valence electrons. The first-order valence-corrected chi connectivity index (χ1v) is 11.7. The van der Waals surface area contributed by atoms with Gasteiger partial charge in [-0.1, -0.05) is 36.4 Å². The largest absolute Gasteiger partial charge is 0.334 e. The summed E-state index contributed by atoms with van der Waals surface area (Å²) in [6.07, 6.45) is 8.27. The Morgan fingerprint density at radius 2 is 1.97 bits per heavy atom. The molecule has 1 unspecified atom stereocenters. The Hall–Kier alpha value is -3.25. The monoisotopic (exact) mass is 444 g/mol. The van der Waals surface area contributed by atoms with Crippen LogP contribution < -0.4 is 10.9 Å². The number of hydrogen-bond acceptors (Lipinski definition) is 4. The number of piperidine rings is 1. The van der Waals surface area contributed by atoms with Gasteiger partial charge in [-0.3, -0.25) is 14.6 Å². The Morgan fingerprint density at radius 3 is 2.70 bits per heavy atom. The summed E-state index contributed by atoms with van der Waals surface area (Å²) in [5.41, 5.74) is 2.91. The lowest BCUT2D eigenvalue weighted by Crippen LogP contribution is -2.40. The fourth-order valence-electron chi connectivity index (χ4n) is 4.46. The Morgan fingerprint density at radius 1 is 1.15 bits per heavy atom. The normalized spacial score (nSPS) is 15.8. The lowest BCUT2D eigenvalue weighted by molar-refractivity contribution is 0.0741. The predicted octanol–water partition coefficient (Wildman–Crippen LogP) is 3.44. The van der Waals surface area contributed by atoms with Crippen LogP contribution in [0.2, 0.25) is 0 Å². The summed E-state index contributed by atoms with van der Waals surface area (Å²) in [4.78, 5) is 33.1. The number of aromatic nitrogens is 2. The summed E-state index contributed by atoms with van der Waals surface area (Å²) in [5, 5.41) is 3.40. The average molecular weight is 445 g/mol. The summed E-state index contributed by atoms with van der Waals surface area (Å²) in [6, 6.07) is 15.8. The van der Waals surface area contributed by atoms with Crippen LogP contribution in [0.4, 0.5) is 0 Å². The van der Waals surface area contributed by atoms with Crippen molar-refractivity contribution in [1.29, 1.82) is 0 Å². The molecule has 6 nitrogen and oxygen atoms in total. The highest BCUT2D eigenvalue weighted by atomic mass is 16.2. The minimum Gasteiger partial charge on any atom is -0.334 e. The minimum absolute atomic E-state index is 0.193. The van der Waals surface area contributed by atoms with Gasteiger partial charge in [0, 0.05) is 38.2 Å². The fraction of sp³-hybridized carbons (Fsp3) is 0.370. The standard InChI is InChI=1S/C27H32N4O2/c1-21-11-15-30(19-23-9-5-13-28-17-23)26(32)25(21)27(33)31(20-24-10-6-14-29-18-24)16-12-22-7-3-2-4-8-22/h2-4,6-8,10-11,14-15,18,23,28H,5,9,12-13,16-17,19-20H2,1H3. The molecule has 1 aliphatic rings. The SMILES string of the molecule is Cc1ccn(CC2CCCNC2)c(=O)c1C(=O)N(CCc1ccccc1)Cc1cccnc1. The van der Waals surface area contributed by atoms with Crippen molar-refractivity contribution in [3.63, 3.8) is 0 Å². The lowest BCUT2D eigenvalue weighted by Gasteiger charge is -2.25. The van der Waals surface area contributed by atoms with Crippen LogP contribution in [-0.2, 0) is 19.5 Å². The molecule has 33 heavy (non-hydrogen) atoms. The Balaban J connectivity index is 1.59. The number of carbonyl (C=O) groups is 1. The molecule has 2 aromatic heterocycles. The van der Waals surface area contributed by atoms with Gasteiger partial charge >= 0.3 is 0 Å². The second-order valence-electron chi connectivity index (χ2n) is 8.87. The highest BCUT2D eigenvalue weighted by Gasteiger charge is 2.23. The van der Waals surface area contributed by atoms with Crippen molar-refractivity contribution in [3.8, 4) is 0 Å². The van der Waals surface area contributed by atoms with Crippen LogP contribution in [0.3, 0.4) is 0 Å². The zero-order valence-corrected chi connectivity index (χ0v) is 19.2. The summed E-state index contributed by atoms with van der Waals surface area (Å²) in [7, 11) is 0. The van der Waals surface area contributed by atoms with Crippen molar-refractivity contribution >= 4 is 5.91 Å². The van der Waals surface area contributed by atoms with Crippen LogP contribution in [0.5, 0.6) is 0 Å². The average Bonchev–Trinajstić information content (AvgIpc) is 2.85. The third kappa shape index (κ3) is 5.96. The van der Waals surface area contributed by atoms with Crippen molar-refractivity contribution in [2.75, 3.05) is 19.6 Å². The van der Waals surface area contributed by atoms with Crippen molar-refractivity contribution in [2.45, 2.75) is 39.3 Å². The van der Waals surface area contributed by atoms with E-state index in [9.17, 15) is 9.59 Å². The van der Waals surface area contributed by atoms with Gasteiger partial charge in [-0.25, -0.2) is 0 Å². The van der Waals surface area contributed by atoms with E-state index in [-0.39, 0.29) is 17.0 Å². The molecule has 1 N–H and O–H groups in total. The zero-order valence-electron chi connectivity index (χ0n) is 19.2.